The van der Waals surface area contributed by atoms with Crippen molar-refractivity contribution in [3.63, 3.8) is 0 Å². The third-order valence-electron chi connectivity index (χ3n) is 3.51. The first-order chi connectivity index (χ1) is 8.67. The first kappa shape index (κ1) is 14.5. The van der Waals surface area contributed by atoms with Gasteiger partial charge in [0, 0.05) is 11.5 Å². The maximum absolute atomic E-state index is 11.5. The smallest absolute Gasteiger partial charge is 0.208 e. The van der Waals surface area contributed by atoms with Crippen LogP contribution in [0.25, 0.3) is 0 Å². The Bertz CT molecular complexity index is 542. The molecule has 0 unspecified atom stereocenters. The zero-order chi connectivity index (χ0) is 14.3. The summed E-state index contributed by atoms with van der Waals surface area (Å²) in [6, 6.07) is 0.0787. The first-order valence-electron chi connectivity index (χ1n) is 6.53. The summed E-state index contributed by atoms with van der Waals surface area (Å²) >= 11 is 0. The van der Waals surface area contributed by atoms with Gasteiger partial charge in [-0.15, -0.1) is 0 Å². The fourth-order valence-electron chi connectivity index (χ4n) is 2.20. The van der Waals surface area contributed by atoms with Crippen molar-refractivity contribution in [2.45, 2.75) is 45.2 Å². The highest BCUT2D eigenvalue weighted by molar-refractivity contribution is 7.91. The molecule has 6 heteroatoms. The van der Waals surface area contributed by atoms with Gasteiger partial charge in [0.1, 0.15) is 5.76 Å². The Morgan fingerprint density at radius 1 is 1.47 bits per heavy atom. The molecule has 5 nitrogen and oxygen atoms in total. The molecule has 19 heavy (non-hydrogen) atoms. The number of oxazole rings is 1. The monoisotopic (exact) mass is 286 g/mol. The average Bonchev–Trinajstić information content (AvgIpc) is 2.83. The van der Waals surface area contributed by atoms with Gasteiger partial charge in [0.2, 0.25) is 5.89 Å². The maximum atomic E-state index is 11.5. The minimum atomic E-state index is -2.84. The Kier molecular flexibility index (Phi) is 3.75. The molecule has 0 saturated carbocycles. The predicted octanol–water partition coefficient (Wildman–Crippen LogP) is 1.59. The Morgan fingerprint density at radius 2 is 2.16 bits per heavy atom. The lowest BCUT2D eigenvalue weighted by Gasteiger charge is -2.21. The molecule has 0 spiro atoms. The second-order valence-corrected chi connectivity index (χ2v) is 8.57. The minimum Gasteiger partial charge on any atom is -0.444 e. The molecule has 1 aromatic rings. The van der Waals surface area contributed by atoms with E-state index in [1.165, 1.54) is 0 Å². The molecule has 0 amide bonds. The zero-order valence-electron chi connectivity index (χ0n) is 12.0. The number of rotatable bonds is 3. The molecule has 1 atom stereocenters. The van der Waals surface area contributed by atoms with Gasteiger partial charge in [-0.2, -0.15) is 0 Å². The molecule has 0 bridgehead atoms. The SMILES string of the molecule is CN(Cc1ncc(C(C)(C)C)o1)[C@H]1CCS(=O)(=O)C1. The number of sulfone groups is 1. The van der Waals surface area contributed by atoms with E-state index in [4.69, 9.17) is 4.42 Å². The van der Waals surface area contributed by atoms with Crippen LogP contribution in [0, 0.1) is 0 Å². The van der Waals surface area contributed by atoms with E-state index in [2.05, 4.69) is 25.8 Å². The van der Waals surface area contributed by atoms with Crippen molar-refractivity contribution in [1.82, 2.24) is 9.88 Å². The van der Waals surface area contributed by atoms with Crippen molar-refractivity contribution in [2.24, 2.45) is 0 Å². The summed E-state index contributed by atoms with van der Waals surface area (Å²) in [6.07, 6.45) is 2.46. The van der Waals surface area contributed by atoms with E-state index in [9.17, 15) is 8.42 Å². The van der Waals surface area contributed by atoms with Gasteiger partial charge in [-0.25, -0.2) is 13.4 Å². The third-order valence-corrected chi connectivity index (χ3v) is 5.26. The molecule has 2 heterocycles. The van der Waals surface area contributed by atoms with Crippen LogP contribution in [0.4, 0.5) is 0 Å². The molecule has 1 saturated heterocycles. The fraction of sp³-hybridized carbons (Fsp3) is 0.769. The van der Waals surface area contributed by atoms with Crippen LogP contribution in [0.2, 0.25) is 0 Å². The summed E-state index contributed by atoms with van der Waals surface area (Å²) in [7, 11) is -0.920. The van der Waals surface area contributed by atoms with Crippen LogP contribution in [0.5, 0.6) is 0 Å². The first-order valence-corrected chi connectivity index (χ1v) is 8.35. The molecule has 0 aromatic carbocycles. The Morgan fingerprint density at radius 3 is 2.63 bits per heavy atom. The van der Waals surface area contributed by atoms with Crippen molar-refractivity contribution in [3.8, 4) is 0 Å². The maximum Gasteiger partial charge on any atom is 0.208 e. The Labute approximate surface area is 114 Å². The summed E-state index contributed by atoms with van der Waals surface area (Å²) in [5.41, 5.74) is -0.0550. The summed E-state index contributed by atoms with van der Waals surface area (Å²) < 4.78 is 28.7. The lowest BCUT2D eigenvalue weighted by atomic mass is 9.94. The highest BCUT2D eigenvalue weighted by Crippen LogP contribution is 2.24. The van der Waals surface area contributed by atoms with Gasteiger partial charge in [0.15, 0.2) is 9.84 Å². The van der Waals surface area contributed by atoms with E-state index in [1.807, 2.05) is 11.9 Å². The summed E-state index contributed by atoms with van der Waals surface area (Å²) in [4.78, 5) is 6.29. The van der Waals surface area contributed by atoms with Crippen molar-refractivity contribution < 1.29 is 12.8 Å². The Balaban J connectivity index is 2.00. The van der Waals surface area contributed by atoms with E-state index >= 15 is 0 Å². The second-order valence-electron chi connectivity index (χ2n) is 6.34. The van der Waals surface area contributed by atoms with Crippen LogP contribution >= 0.6 is 0 Å². The lowest BCUT2D eigenvalue weighted by Crippen LogP contribution is -2.32. The van der Waals surface area contributed by atoms with Gasteiger partial charge in [-0.05, 0) is 13.5 Å². The predicted molar refractivity (Wildman–Crippen MR) is 73.7 cm³/mol. The van der Waals surface area contributed by atoms with Crippen molar-refractivity contribution in [3.05, 3.63) is 17.8 Å². The van der Waals surface area contributed by atoms with Crippen molar-refractivity contribution in [1.29, 1.82) is 0 Å². The average molecular weight is 286 g/mol. The van der Waals surface area contributed by atoms with E-state index in [1.54, 1.807) is 6.20 Å². The summed E-state index contributed by atoms with van der Waals surface area (Å²) in [5.74, 6) is 2.05. The quantitative estimate of drug-likeness (QED) is 0.844. The molecule has 0 aliphatic carbocycles. The summed E-state index contributed by atoms with van der Waals surface area (Å²) in [6.45, 7) is 6.77. The number of aromatic nitrogens is 1. The number of hydrogen-bond donors (Lipinski definition) is 0. The van der Waals surface area contributed by atoms with Gasteiger partial charge in [0.05, 0.1) is 24.2 Å². The number of nitrogens with zero attached hydrogens (tertiary/aromatic N) is 2. The molecular weight excluding hydrogens is 264 g/mol. The topological polar surface area (TPSA) is 63.4 Å². The van der Waals surface area contributed by atoms with Gasteiger partial charge >= 0.3 is 0 Å². The van der Waals surface area contributed by atoms with E-state index < -0.39 is 9.84 Å². The van der Waals surface area contributed by atoms with Gasteiger partial charge in [0.25, 0.3) is 0 Å². The van der Waals surface area contributed by atoms with Crippen LogP contribution in [0.3, 0.4) is 0 Å². The molecule has 0 N–H and O–H groups in total. The normalized spacial score (nSPS) is 23.1. The third kappa shape index (κ3) is 3.57. The lowest BCUT2D eigenvalue weighted by molar-refractivity contribution is 0.223. The van der Waals surface area contributed by atoms with E-state index in [0.29, 0.717) is 24.6 Å². The number of hydrogen-bond acceptors (Lipinski definition) is 5. The summed E-state index contributed by atoms with van der Waals surface area (Å²) in [5, 5.41) is 0. The van der Waals surface area contributed by atoms with E-state index in [-0.39, 0.29) is 17.2 Å². The van der Waals surface area contributed by atoms with Crippen LogP contribution in [-0.4, -0.2) is 42.9 Å². The van der Waals surface area contributed by atoms with Crippen LogP contribution in [-0.2, 0) is 21.8 Å². The molecular formula is C13H22N2O3S. The van der Waals surface area contributed by atoms with E-state index in [0.717, 1.165) is 5.76 Å². The van der Waals surface area contributed by atoms with Crippen molar-refractivity contribution in [2.75, 3.05) is 18.6 Å². The molecule has 108 valence electrons. The standard InChI is InChI=1S/C13H22N2O3S/c1-13(2,3)11-7-14-12(18-11)8-15(4)10-5-6-19(16,17)9-10/h7,10H,5-6,8-9H2,1-4H3/t10-/m0/s1. The highest BCUT2D eigenvalue weighted by atomic mass is 32.2. The van der Waals surface area contributed by atoms with Crippen LogP contribution < -0.4 is 0 Å². The van der Waals surface area contributed by atoms with Crippen LogP contribution in [0.1, 0.15) is 38.8 Å². The second kappa shape index (κ2) is 4.90. The van der Waals surface area contributed by atoms with Gasteiger partial charge in [-0.1, -0.05) is 20.8 Å². The molecule has 1 aliphatic heterocycles. The molecule has 2 rings (SSSR count). The van der Waals surface area contributed by atoms with Gasteiger partial charge < -0.3 is 4.42 Å². The Hall–Kier alpha value is -0.880. The molecule has 1 aliphatic rings. The van der Waals surface area contributed by atoms with Gasteiger partial charge in [-0.3, -0.25) is 4.90 Å². The zero-order valence-corrected chi connectivity index (χ0v) is 12.8. The molecule has 1 fully saturated rings. The molecule has 1 aromatic heterocycles. The fourth-order valence-corrected chi connectivity index (χ4v) is 4.00. The highest BCUT2D eigenvalue weighted by Gasteiger charge is 2.31. The van der Waals surface area contributed by atoms with Crippen LogP contribution in [0.15, 0.2) is 10.6 Å². The molecule has 0 radical (unpaired) electrons. The van der Waals surface area contributed by atoms with Crippen molar-refractivity contribution >= 4 is 9.84 Å². The minimum absolute atomic E-state index is 0.0550. The largest absolute Gasteiger partial charge is 0.444 e.